The summed E-state index contributed by atoms with van der Waals surface area (Å²) in [6.07, 6.45) is 1.64. The first-order valence-electron chi connectivity index (χ1n) is 7.21. The second-order valence-corrected chi connectivity index (χ2v) is 7.44. The molecule has 0 amide bonds. The first-order valence-corrected chi connectivity index (χ1v) is 8.65. The summed E-state index contributed by atoms with van der Waals surface area (Å²) in [4.78, 5) is 0.318. The highest BCUT2D eigenvalue weighted by Crippen LogP contribution is 2.17. The van der Waals surface area contributed by atoms with Crippen LogP contribution in [0.4, 0.5) is 0 Å². The van der Waals surface area contributed by atoms with Crippen molar-refractivity contribution in [3.05, 3.63) is 54.0 Å². The van der Waals surface area contributed by atoms with Crippen LogP contribution in [0.5, 0.6) is 0 Å². The third kappa shape index (κ3) is 3.97. The Hall–Kier alpha value is -1.63. The van der Waals surface area contributed by atoms with Crippen LogP contribution < -0.4 is 5.32 Å². The maximum atomic E-state index is 12.4. The van der Waals surface area contributed by atoms with E-state index in [1.165, 1.54) is 4.31 Å². The lowest BCUT2D eigenvalue weighted by Crippen LogP contribution is -2.33. The summed E-state index contributed by atoms with van der Waals surface area (Å²) < 4.78 is 31.3. The maximum absolute atomic E-state index is 12.4. The van der Waals surface area contributed by atoms with Gasteiger partial charge in [-0.2, -0.15) is 4.31 Å². The second-order valence-electron chi connectivity index (χ2n) is 5.44. The van der Waals surface area contributed by atoms with Crippen molar-refractivity contribution in [2.45, 2.75) is 37.9 Å². The molecule has 0 aliphatic carbocycles. The van der Waals surface area contributed by atoms with Gasteiger partial charge in [-0.1, -0.05) is 12.1 Å². The average Bonchev–Trinajstić information content (AvgIpc) is 3.00. The Morgan fingerprint density at radius 1 is 1.14 bits per heavy atom. The number of nitrogens with one attached hydrogen (secondary N) is 1. The van der Waals surface area contributed by atoms with E-state index < -0.39 is 10.0 Å². The lowest BCUT2D eigenvalue weighted by molar-refractivity contribution is 0.410. The summed E-state index contributed by atoms with van der Waals surface area (Å²) in [5, 5.41) is 3.25. The molecule has 0 bridgehead atoms. The number of hydrogen-bond acceptors (Lipinski definition) is 4. The summed E-state index contributed by atoms with van der Waals surface area (Å²) in [6, 6.07) is 10.6. The molecule has 1 N–H and O–H groups in total. The maximum Gasteiger partial charge on any atom is 0.243 e. The minimum Gasteiger partial charge on any atom is -0.468 e. The molecule has 1 aromatic heterocycles. The second kappa shape index (κ2) is 7.09. The molecule has 0 atom stereocenters. The van der Waals surface area contributed by atoms with Crippen molar-refractivity contribution < 1.29 is 12.8 Å². The van der Waals surface area contributed by atoms with E-state index in [0.717, 1.165) is 11.3 Å². The molecule has 0 fully saturated rings. The molecule has 0 unspecified atom stereocenters. The number of sulfonamides is 1. The van der Waals surface area contributed by atoms with E-state index in [4.69, 9.17) is 4.42 Å². The normalized spacial score (nSPS) is 12.2. The van der Waals surface area contributed by atoms with Gasteiger partial charge in [0.2, 0.25) is 10.0 Å². The lowest BCUT2D eigenvalue weighted by Gasteiger charge is -2.21. The van der Waals surface area contributed by atoms with Crippen molar-refractivity contribution >= 4 is 10.0 Å². The molecule has 0 aliphatic heterocycles. The fourth-order valence-electron chi connectivity index (χ4n) is 1.97. The Labute approximate surface area is 132 Å². The summed E-state index contributed by atoms with van der Waals surface area (Å²) in [5.41, 5.74) is 1.03. The first kappa shape index (κ1) is 16.7. The van der Waals surface area contributed by atoms with E-state index in [-0.39, 0.29) is 6.04 Å². The molecule has 0 saturated carbocycles. The summed E-state index contributed by atoms with van der Waals surface area (Å²) >= 11 is 0. The van der Waals surface area contributed by atoms with Crippen LogP contribution in [-0.4, -0.2) is 25.8 Å². The SMILES string of the molecule is CC(C)N(C)S(=O)(=O)c1ccc(CNCc2ccco2)cc1. The van der Waals surface area contributed by atoms with Gasteiger partial charge in [-0.25, -0.2) is 8.42 Å². The number of rotatable bonds is 7. The molecule has 5 nitrogen and oxygen atoms in total. The first-order chi connectivity index (χ1) is 10.4. The molecule has 2 rings (SSSR count). The van der Waals surface area contributed by atoms with Crippen LogP contribution in [0.3, 0.4) is 0 Å². The van der Waals surface area contributed by atoms with Gasteiger partial charge >= 0.3 is 0 Å². The van der Waals surface area contributed by atoms with E-state index >= 15 is 0 Å². The van der Waals surface area contributed by atoms with Crippen LogP contribution in [-0.2, 0) is 23.1 Å². The average molecular weight is 322 g/mol. The number of benzene rings is 1. The molecule has 6 heteroatoms. The Morgan fingerprint density at radius 3 is 2.36 bits per heavy atom. The highest BCUT2D eigenvalue weighted by molar-refractivity contribution is 7.89. The lowest BCUT2D eigenvalue weighted by atomic mass is 10.2. The highest BCUT2D eigenvalue weighted by atomic mass is 32.2. The van der Waals surface area contributed by atoms with Crippen LogP contribution in [0.25, 0.3) is 0 Å². The summed E-state index contributed by atoms with van der Waals surface area (Å²) in [6.45, 7) is 5.00. The zero-order valence-corrected chi connectivity index (χ0v) is 13.9. The third-order valence-electron chi connectivity index (χ3n) is 3.54. The molecule has 2 aromatic rings. The van der Waals surface area contributed by atoms with Crippen LogP contribution in [0.15, 0.2) is 52.0 Å². The smallest absolute Gasteiger partial charge is 0.243 e. The zero-order chi connectivity index (χ0) is 16.2. The van der Waals surface area contributed by atoms with Crippen molar-refractivity contribution in [1.29, 1.82) is 0 Å². The van der Waals surface area contributed by atoms with Gasteiger partial charge in [0, 0.05) is 19.6 Å². The molecule has 1 aromatic carbocycles. The third-order valence-corrected chi connectivity index (χ3v) is 5.58. The van der Waals surface area contributed by atoms with Crippen LogP contribution >= 0.6 is 0 Å². The van der Waals surface area contributed by atoms with Crippen molar-refractivity contribution in [3.63, 3.8) is 0 Å². The standard InChI is InChI=1S/C16H22N2O3S/c1-13(2)18(3)22(19,20)16-8-6-14(7-9-16)11-17-12-15-5-4-10-21-15/h4-10,13,17H,11-12H2,1-3H3. The molecule has 120 valence electrons. The van der Waals surface area contributed by atoms with Gasteiger partial charge in [-0.3, -0.25) is 0 Å². The molecule has 0 saturated heterocycles. The molecule has 0 aliphatic rings. The van der Waals surface area contributed by atoms with E-state index in [0.29, 0.717) is 18.0 Å². The van der Waals surface area contributed by atoms with Gasteiger partial charge in [-0.05, 0) is 43.7 Å². The van der Waals surface area contributed by atoms with Crippen molar-refractivity contribution in [2.24, 2.45) is 0 Å². The molecule has 22 heavy (non-hydrogen) atoms. The Morgan fingerprint density at radius 2 is 1.82 bits per heavy atom. The minimum atomic E-state index is -3.41. The largest absolute Gasteiger partial charge is 0.468 e. The summed E-state index contributed by atoms with van der Waals surface area (Å²) in [5.74, 6) is 0.873. The van der Waals surface area contributed by atoms with Crippen LogP contribution in [0.2, 0.25) is 0 Å². The predicted octanol–water partition coefficient (Wildman–Crippen LogP) is 2.60. The van der Waals surface area contributed by atoms with Gasteiger partial charge < -0.3 is 9.73 Å². The Kier molecular flexibility index (Phi) is 5.39. The number of nitrogens with zero attached hydrogens (tertiary/aromatic N) is 1. The van der Waals surface area contributed by atoms with Gasteiger partial charge in [0.25, 0.3) is 0 Å². The predicted molar refractivity (Wildman–Crippen MR) is 85.8 cm³/mol. The minimum absolute atomic E-state index is 0.0698. The van der Waals surface area contributed by atoms with Gasteiger partial charge in [0.1, 0.15) is 5.76 Å². The Bertz CT molecular complexity index is 677. The van der Waals surface area contributed by atoms with Gasteiger partial charge in [-0.15, -0.1) is 0 Å². The van der Waals surface area contributed by atoms with Crippen LogP contribution in [0, 0.1) is 0 Å². The molecule has 1 heterocycles. The highest BCUT2D eigenvalue weighted by Gasteiger charge is 2.22. The van der Waals surface area contributed by atoms with E-state index in [2.05, 4.69) is 5.32 Å². The Balaban J connectivity index is 1.98. The van der Waals surface area contributed by atoms with E-state index in [1.807, 2.05) is 38.1 Å². The van der Waals surface area contributed by atoms with Crippen molar-refractivity contribution in [1.82, 2.24) is 9.62 Å². The van der Waals surface area contributed by atoms with E-state index in [9.17, 15) is 8.42 Å². The number of furan rings is 1. The van der Waals surface area contributed by atoms with Crippen LogP contribution in [0.1, 0.15) is 25.2 Å². The zero-order valence-electron chi connectivity index (χ0n) is 13.1. The number of hydrogen-bond donors (Lipinski definition) is 1. The fourth-order valence-corrected chi connectivity index (χ4v) is 3.33. The topological polar surface area (TPSA) is 62.6 Å². The molecule has 0 spiro atoms. The van der Waals surface area contributed by atoms with E-state index in [1.54, 1.807) is 25.4 Å². The molecular formula is C16H22N2O3S. The monoisotopic (exact) mass is 322 g/mol. The van der Waals surface area contributed by atoms with Crippen molar-refractivity contribution in [3.8, 4) is 0 Å². The molecule has 0 radical (unpaired) electrons. The van der Waals surface area contributed by atoms with Crippen molar-refractivity contribution in [2.75, 3.05) is 7.05 Å². The van der Waals surface area contributed by atoms with Gasteiger partial charge in [0.05, 0.1) is 17.7 Å². The molecular weight excluding hydrogens is 300 g/mol. The summed E-state index contributed by atoms with van der Waals surface area (Å²) in [7, 11) is -1.82. The fraction of sp³-hybridized carbons (Fsp3) is 0.375. The van der Waals surface area contributed by atoms with Gasteiger partial charge in [0.15, 0.2) is 0 Å². The quantitative estimate of drug-likeness (QED) is 0.851.